The summed E-state index contributed by atoms with van der Waals surface area (Å²) in [6, 6.07) is 8.95. The van der Waals surface area contributed by atoms with E-state index in [0.717, 1.165) is 0 Å². The van der Waals surface area contributed by atoms with Gasteiger partial charge >= 0.3 is 96.4 Å². The van der Waals surface area contributed by atoms with E-state index in [9.17, 15) is 0 Å². The Hall–Kier alpha value is 0.810. The molecule has 0 aliphatic carbocycles. The second kappa shape index (κ2) is 4.55. The first-order valence-corrected chi connectivity index (χ1v) is 12.7. The van der Waals surface area contributed by atoms with Gasteiger partial charge in [0.1, 0.15) is 0 Å². The summed E-state index contributed by atoms with van der Waals surface area (Å²) in [4.78, 5) is -1.15. The minimum atomic E-state index is -1.15. The normalized spacial score (nSPS) is 13.4. The SMILES string of the molecule is CP(C)c1ccccc1[PH](C)(C)I. The number of hydrogen-bond donors (Lipinski definition) is 0. The molecule has 0 aliphatic heterocycles. The molecule has 3 heteroatoms. The van der Waals surface area contributed by atoms with Gasteiger partial charge in [-0.1, -0.05) is 0 Å². The van der Waals surface area contributed by atoms with Crippen LogP contribution in [0.15, 0.2) is 24.3 Å². The van der Waals surface area contributed by atoms with Gasteiger partial charge in [-0.05, 0) is 0 Å². The van der Waals surface area contributed by atoms with Crippen molar-refractivity contribution >= 4 is 45.5 Å². The van der Waals surface area contributed by atoms with Crippen molar-refractivity contribution in [2.75, 3.05) is 26.7 Å². The van der Waals surface area contributed by atoms with Crippen molar-refractivity contribution in [1.29, 1.82) is 0 Å². The van der Waals surface area contributed by atoms with E-state index in [1.54, 1.807) is 10.6 Å². The van der Waals surface area contributed by atoms with Gasteiger partial charge in [-0.2, -0.15) is 0 Å². The molecule has 0 nitrogen and oxygen atoms in total. The standard InChI is InChI=1S/C10H17IP2/c1-12(2)9-7-5-6-8-10(9)13(3,4)11/h5-8,13H,1-4H3. The molecule has 0 spiro atoms. The van der Waals surface area contributed by atoms with Gasteiger partial charge in [0.15, 0.2) is 0 Å². The number of hydrogen-bond acceptors (Lipinski definition) is 0. The summed E-state index contributed by atoms with van der Waals surface area (Å²) in [6.45, 7) is 9.49. The molecule has 1 rings (SSSR count). The summed E-state index contributed by atoms with van der Waals surface area (Å²) >= 11 is 2.65. The van der Waals surface area contributed by atoms with E-state index in [-0.39, 0.29) is 7.92 Å². The van der Waals surface area contributed by atoms with Crippen LogP contribution in [-0.4, -0.2) is 26.7 Å². The Morgan fingerprint density at radius 2 is 1.69 bits per heavy atom. The van der Waals surface area contributed by atoms with E-state index in [4.69, 9.17) is 0 Å². The van der Waals surface area contributed by atoms with E-state index >= 15 is 0 Å². The molecule has 0 atom stereocenters. The summed E-state index contributed by atoms with van der Waals surface area (Å²) < 4.78 is 0. The van der Waals surface area contributed by atoms with Crippen molar-refractivity contribution in [3.05, 3.63) is 24.3 Å². The monoisotopic (exact) mass is 326 g/mol. The first kappa shape index (κ1) is 11.9. The van der Waals surface area contributed by atoms with Crippen LogP contribution in [0.4, 0.5) is 0 Å². The van der Waals surface area contributed by atoms with Crippen LogP contribution in [-0.2, 0) is 0 Å². The van der Waals surface area contributed by atoms with Gasteiger partial charge in [0.2, 0.25) is 0 Å². The fourth-order valence-corrected chi connectivity index (χ4v) is 7.05. The van der Waals surface area contributed by atoms with Gasteiger partial charge < -0.3 is 0 Å². The average Bonchev–Trinajstić information content (AvgIpc) is 2.03. The van der Waals surface area contributed by atoms with Crippen LogP contribution in [0.5, 0.6) is 0 Å². The summed E-state index contributed by atoms with van der Waals surface area (Å²) in [5, 5.41) is 3.23. The summed E-state index contributed by atoms with van der Waals surface area (Å²) in [6.07, 6.45) is 0. The minimum absolute atomic E-state index is 0.0493. The van der Waals surface area contributed by atoms with Crippen LogP contribution < -0.4 is 10.6 Å². The second-order valence-electron chi connectivity index (χ2n) is 3.88. The number of rotatable bonds is 2. The maximum atomic E-state index is 2.65. The van der Waals surface area contributed by atoms with E-state index in [1.807, 2.05) is 0 Å². The Morgan fingerprint density at radius 1 is 1.15 bits per heavy atom. The average molecular weight is 326 g/mol. The summed E-state index contributed by atoms with van der Waals surface area (Å²) in [7, 11) is 0.0493. The van der Waals surface area contributed by atoms with Crippen molar-refractivity contribution in [3.8, 4) is 0 Å². The van der Waals surface area contributed by atoms with E-state index in [0.29, 0.717) is 0 Å². The Labute approximate surface area is 96.1 Å². The van der Waals surface area contributed by atoms with Crippen molar-refractivity contribution in [2.24, 2.45) is 0 Å². The van der Waals surface area contributed by atoms with Crippen molar-refractivity contribution in [2.45, 2.75) is 0 Å². The van der Waals surface area contributed by atoms with Crippen LogP contribution in [0, 0.1) is 0 Å². The molecule has 0 fully saturated rings. The summed E-state index contributed by atoms with van der Waals surface area (Å²) in [5.74, 6) is 0. The van der Waals surface area contributed by atoms with Gasteiger partial charge in [-0.25, -0.2) is 0 Å². The molecule has 0 saturated carbocycles. The van der Waals surface area contributed by atoms with Crippen LogP contribution in [0.3, 0.4) is 0 Å². The molecule has 0 amide bonds. The quantitative estimate of drug-likeness (QED) is 0.579. The molecule has 0 aliphatic rings. The molecule has 0 radical (unpaired) electrons. The Bertz CT molecular complexity index is 289. The molecular weight excluding hydrogens is 309 g/mol. The third kappa shape index (κ3) is 3.15. The molecule has 0 saturated heterocycles. The number of halogens is 1. The molecule has 0 N–H and O–H groups in total. The topological polar surface area (TPSA) is 0 Å². The van der Waals surface area contributed by atoms with Crippen molar-refractivity contribution < 1.29 is 0 Å². The third-order valence-corrected chi connectivity index (χ3v) is 7.05. The zero-order valence-electron chi connectivity index (χ0n) is 8.63. The van der Waals surface area contributed by atoms with Gasteiger partial charge in [0, 0.05) is 0 Å². The van der Waals surface area contributed by atoms with E-state index in [1.165, 1.54) is 0 Å². The molecular formula is C10H17IP2. The van der Waals surface area contributed by atoms with Crippen LogP contribution in [0.25, 0.3) is 0 Å². The zero-order valence-corrected chi connectivity index (χ0v) is 12.7. The Kier molecular flexibility index (Phi) is 4.16. The Balaban J connectivity index is 3.20. The molecule has 0 bridgehead atoms. The van der Waals surface area contributed by atoms with E-state index in [2.05, 4.69) is 73.0 Å². The zero-order chi connectivity index (χ0) is 10.1. The van der Waals surface area contributed by atoms with Gasteiger partial charge in [0.05, 0.1) is 0 Å². The molecule has 0 heterocycles. The maximum absolute atomic E-state index is 2.65. The van der Waals surface area contributed by atoms with Crippen molar-refractivity contribution in [3.63, 3.8) is 0 Å². The van der Waals surface area contributed by atoms with Gasteiger partial charge in [-0.3, -0.25) is 0 Å². The van der Waals surface area contributed by atoms with Crippen molar-refractivity contribution in [1.82, 2.24) is 0 Å². The molecule has 0 unspecified atom stereocenters. The molecule has 1 aromatic carbocycles. The molecule has 13 heavy (non-hydrogen) atoms. The van der Waals surface area contributed by atoms with Crippen LogP contribution in [0.2, 0.25) is 0 Å². The van der Waals surface area contributed by atoms with Crippen LogP contribution >= 0.6 is 34.9 Å². The number of benzene rings is 1. The first-order valence-electron chi connectivity index (χ1n) is 4.38. The van der Waals surface area contributed by atoms with Crippen LogP contribution in [0.1, 0.15) is 0 Å². The predicted octanol–water partition coefficient (Wildman–Crippen LogP) is 3.04. The first-order chi connectivity index (χ1) is 5.93. The predicted molar refractivity (Wildman–Crippen MR) is 78.7 cm³/mol. The second-order valence-corrected chi connectivity index (χ2v) is 17.7. The van der Waals surface area contributed by atoms with Gasteiger partial charge in [-0.15, -0.1) is 0 Å². The summed E-state index contributed by atoms with van der Waals surface area (Å²) in [5.41, 5.74) is 0. The third-order valence-electron chi connectivity index (χ3n) is 2.03. The van der Waals surface area contributed by atoms with Gasteiger partial charge in [0.25, 0.3) is 0 Å². The molecule has 1 aromatic rings. The molecule has 0 aromatic heterocycles. The van der Waals surface area contributed by atoms with E-state index < -0.39 is 4.90 Å². The fourth-order valence-electron chi connectivity index (χ4n) is 1.37. The fraction of sp³-hybridized carbons (Fsp3) is 0.400. The Morgan fingerprint density at radius 3 is 2.08 bits per heavy atom. The molecule has 74 valence electrons.